The van der Waals surface area contributed by atoms with Crippen LogP contribution in [0.5, 0.6) is 0 Å². The van der Waals surface area contributed by atoms with Crippen LogP contribution >= 0.6 is 0 Å². The number of hydrogen-bond acceptors (Lipinski definition) is 3. The Morgan fingerprint density at radius 3 is 2.25 bits per heavy atom. The Hall–Kier alpha value is -0.610. The summed E-state index contributed by atoms with van der Waals surface area (Å²) in [7, 11) is 0. The van der Waals surface area contributed by atoms with Gasteiger partial charge in [-0.15, -0.1) is 0 Å². The SMILES string of the molecule is NCC1(OCC(=O)NC2CCCCCC2)CCCCC1. The molecule has 0 heterocycles. The highest BCUT2D eigenvalue weighted by Crippen LogP contribution is 2.30. The summed E-state index contributed by atoms with van der Waals surface area (Å²) in [6.07, 6.45) is 12.9. The van der Waals surface area contributed by atoms with Crippen LogP contribution in [0.25, 0.3) is 0 Å². The zero-order chi connectivity index (χ0) is 14.3. The lowest BCUT2D eigenvalue weighted by Gasteiger charge is -2.36. The molecule has 0 aromatic heterocycles. The van der Waals surface area contributed by atoms with Gasteiger partial charge in [-0.1, -0.05) is 44.9 Å². The second kappa shape index (κ2) is 7.99. The average Bonchev–Trinajstić information content (AvgIpc) is 2.75. The van der Waals surface area contributed by atoms with Crippen LogP contribution < -0.4 is 11.1 Å². The van der Waals surface area contributed by atoms with Gasteiger partial charge in [-0.3, -0.25) is 4.79 Å². The first kappa shape index (κ1) is 15.8. The molecule has 1 amide bonds. The maximum Gasteiger partial charge on any atom is 0.246 e. The van der Waals surface area contributed by atoms with Crippen molar-refractivity contribution in [2.75, 3.05) is 13.2 Å². The third-order valence-corrected chi connectivity index (χ3v) is 4.87. The molecule has 0 spiro atoms. The summed E-state index contributed by atoms with van der Waals surface area (Å²) in [5.74, 6) is 0.0373. The van der Waals surface area contributed by atoms with Crippen LogP contribution in [0.4, 0.5) is 0 Å². The first-order chi connectivity index (χ1) is 9.74. The van der Waals surface area contributed by atoms with Gasteiger partial charge in [-0.2, -0.15) is 0 Å². The zero-order valence-electron chi connectivity index (χ0n) is 12.7. The van der Waals surface area contributed by atoms with E-state index < -0.39 is 0 Å². The number of rotatable bonds is 5. The molecule has 0 unspecified atom stereocenters. The van der Waals surface area contributed by atoms with Crippen molar-refractivity contribution >= 4 is 5.91 Å². The molecule has 4 nitrogen and oxygen atoms in total. The van der Waals surface area contributed by atoms with Crippen molar-refractivity contribution in [2.45, 2.75) is 82.3 Å². The lowest BCUT2D eigenvalue weighted by atomic mass is 9.85. The molecule has 2 rings (SSSR count). The highest BCUT2D eigenvalue weighted by Gasteiger charge is 2.32. The van der Waals surface area contributed by atoms with Crippen LogP contribution in [-0.4, -0.2) is 30.7 Å². The maximum atomic E-state index is 12.0. The molecule has 2 saturated carbocycles. The predicted molar refractivity (Wildman–Crippen MR) is 80.5 cm³/mol. The first-order valence-electron chi connectivity index (χ1n) is 8.37. The van der Waals surface area contributed by atoms with Crippen LogP contribution in [-0.2, 0) is 9.53 Å². The maximum absolute atomic E-state index is 12.0. The Balaban J connectivity index is 1.73. The molecule has 2 fully saturated rings. The van der Waals surface area contributed by atoms with Crippen molar-refractivity contribution in [1.29, 1.82) is 0 Å². The van der Waals surface area contributed by atoms with Gasteiger partial charge in [-0.05, 0) is 25.7 Å². The van der Waals surface area contributed by atoms with E-state index in [9.17, 15) is 4.79 Å². The van der Waals surface area contributed by atoms with Crippen molar-refractivity contribution in [3.63, 3.8) is 0 Å². The van der Waals surface area contributed by atoms with Gasteiger partial charge >= 0.3 is 0 Å². The number of nitrogens with one attached hydrogen (secondary N) is 1. The van der Waals surface area contributed by atoms with Crippen molar-refractivity contribution in [3.8, 4) is 0 Å². The molecule has 0 bridgehead atoms. The van der Waals surface area contributed by atoms with E-state index in [4.69, 9.17) is 10.5 Å². The van der Waals surface area contributed by atoms with Crippen LogP contribution in [0.2, 0.25) is 0 Å². The number of carbonyl (C=O) groups is 1. The van der Waals surface area contributed by atoms with Gasteiger partial charge in [-0.25, -0.2) is 0 Å². The summed E-state index contributed by atoms with van der Waals surface area (Å²) in [4.78, 5) is 12.0. The quantitative estimate of drug-likeness (QED) is 0.762. The number of carbonyl (C=O) groups excluding carboxylic acids is 1. The molecule has 4 heteroatoms. The van der Waals surface area contributed by atoms with Gasteiger partial charge in [0.25, 0.3) is 0 Å². The molecule has 2 aliphatic carbocycles. The van der Waals surface area contributed by atoms with Crippen LogP contribution in [0, 0.1) is 0 Å². The van der Waals surface area contributed by atoms with Crippen molar-refractivity contribution < 1.29 is 9.53 Å². The van der Waals surface area contributed by atoms with Crippen molar-refractivity contribution in [3.05, 3.63) is 0 Å². The van der Waals surface area contributed by atoms with E-state index in [1.54, 1.807) is 0 Å². The number of nitrogens with two attached hydrogens (primary N) is 1. The summed E-state index contributed by atoms with van der Waals surface area (Å²) >= 11 is 0. The minimum atomic E-state index is -0.237. The normalized spacial score (nSPS) is 24.1. The summed E-state index contributed by atoms with van der Waals surface area (Å²) in [6, 6.07) is 0.355. The zero-order valence-corrected chi connectivity index (χ0v) is 12.7. The van der Waals surface area contributed by atoms with Gasteiger partial charge < -0.3 is 15.8 Å². The highest BCUT2D eigenvalue weighted by molar-refractivity contribution is 5.77. The molecule has 0 aromatic rings. The third kappa shape index (κ3) is 4.74. The minimum absolute atomic E-state index is 0.0373. The largest absolute Gasteiger partial charge is 0.364 e. The Kier molecular flexibility index (Phi) is 6.30. The molecule has 0 atom stereocenters. The Bertz CT molecular complexity index is 293. The summed E-state index contributed by atoms with van der Waals surface area (Å²) < 4.78 is 5.92. The van der Waals surface area contributed by atoms with Gasteiger partial charge in [0.2, 0.25) is 5.91 Å². The van der Waals surface area contributed by atoms with Gasteiger partial charge in [0.05, 0.1) is 5.60 Å². The summed E-state index contributed by atoms with van der Waals surface area (Å²) in [6.45, 7) is 0.706. The standard InChI is InChI=1S/C16H30N2O2/c17-13-16(10-6-3-7-11-16)20-12-15(19)18-14-8-4-1-2-5-9-14/h14H,1-13,17H2,(H,18,19). The van der Waals surface area contributed by atoms with Crippen LogP contribution in [0.3, 0.4) is 0 Å². The molecular weight excluding hydrogens is 252 g/mol. The fraction of sp³-hybridized carbons (Fsp3) is 0.938. The van der Waals surface area contributed by atoms with Crippen LogP contribution in [0.15, 0.2) is 0 Å². The fourth-order valence-corrected chi connectivity index (χ4v) is 3.52. The number of hydrogen-bond donors (Lipinski definition) is 2. The van der Waals surface area contributed by atoms with Gasteiger partial charge in [0.15, 0.2) is 0 Å². The molecule has 116 valence electrons. The predicted octanol–water partition coefficient (Wildman–Crippen LogP) is 2.50. The van der Waals surface area contributed by atoms with Crippen LogP contribution in [0.1, 0.15) is 70.6 Å². The second-order valence-electron chi connectivity index (χ2n) is 6.49. The molecule has 0 saturated heterocycles. The van der Waals surface area contributed by atoms with Crippen molar-refractivity contribution in [1.82, 2.24) is 5.32 Å². The minimum Gasteiger partial charge on any atom is -0.364 e. The lowest BCUT2D eigenvalue weighted by Crippen LogP contribution is -2.46. The number of amides is 1. The summed E-state index contributed by atoms with van der Waals surface area (Å²) in [5, 5.41) is 3.13. The number of ether oxygens (including phenoxy) is 1. The van der Waals surface area contributed by atoms with E-state index in [1.165, 1.54) is 44.9 Å². The van der Waals surface area contributed by atoms with E-state index in [2.05, 4.69) is 5.32 Å². The monoisotopic (exact) mass is 282 g/mol. The molecular formula is C16H30N2O2. The Labute approximate surface area is 122 Å². The summed E-state index contributed by atoms with van der Waals surface area (Å²) in [5.41, 5.74) is 5.64. The van der Waals surface area contributed by atoms with Crippen molar-refractivity contribution in [2.24, 2.45) is 5.73 Å². The molecule has 20 heavy (non-hydrogen) atoms. The first-order valence-corrected chi connectivity index (χ1v) is 8.37. The lowest BCUT2D eigenvalue weighted by molar-refractivity contribution is -0.136. The molecule has 3 N–H and O–H groups in total. The molecule has 0 aliphatic heterocycles. The smallest absolute Gasteiger partial charge is 0.246 e. The Morgan fingerprint density at radius 1 is 1.05 bits per heavy atom. The van der Waals surface area contributed by atoms with E-state index in [0.29, 0.717) is 12.6 Å². The van der Waals surface area contributed by atoms with Gasteiger partial charge in [0.1, 0.15) is 6.61 Å². The molecule has 2 aliphatic rings. The fourth-order valence-electron chi connectivity index (χ4n) is 3.52. The topological polar surface area (TPSA) is 64.3 Å². The van der Waals surface area contributed by atoms with E-state index in [-0.39, 0.29) is 18.1 Å². The van der Waals surface area contributed by atoms with E-state index in [0.717, 1.165) is 25.7 Å². The third-order valence-electron chi connectivity index (χ3n) is 4.87. The highest BCUT2D eigenvalue weighted by atomic mass is 16.5. The second-order valence-corrected chi connectivity index (χ2v) is 6.49. The molecule has 0 radical (unpaired) electrons. The van der Waals surface area contributed by atoms with Gasteiger partial charge in [0, 0.05) is 12.6 Å². The average molecular weight is 282 g/mol. The van der Waals surface area contributed by atoms with E-state index >= 15 is 0 Å². The van der Waals surface area contributed by atoms with E-state index in [1.807, 2.05) is 0 Å². The Morgan fingerprint density at radius 2 is 1.65 bits per heavy atom. The molecule has 0 aromatic carbocycles.